The minimum absolute atomic E-state index is 0.144. The number of fused-ring (bicyclic) bond motifs is 1. The number of carbonyl (C=O) groups excluding carboxylic acids is 1. The van der Waals surface area contributed by atoms with Gasteiger partial charge in [-0.15, -0.1) is 11.8 Å². The van der Waals surface area contributed by atoms with Gasteiger partial charge in [-0.3, -0.25) is 4.79 Å². The van der Waals surface area contributed by atoms with E-state index in [4.69, 9.17) is 4.74 Å². The molecule has 150 valence electrons. The number of benzene rings is 2. The summed E-state index contributed by atoms with van der Waals surface area (Å²) in [7, 11) is 1.06. The van der Waals surface area contributed by atoms with Gasteiger partial charge in [0, 0.05) is 37.0 Å². The van der Waals surface area contributed by atoms with Gasteiger partial charge < -0.3 is 15.0 Å². The van der Waals surface area contributed by atoms with E-state index in [9.17, 15) is 13.2 Å². The van der Waals surface area contributed by atoms with E-state index in [-0.39, 0.29) is 17.3 Å². The molecule has 0 unspecified atom stereocenters. The Morgan fingerprint density at radius 1 is 1.21 bits per heavy atom. The molecule has 0 spiro atoms. The highest BCUT2D eigenvalue weighted by atomic mass is 32.2. The summed E-state index contributed by atoms with van der Waals surface area (Å²) in [6.45, 7) is 0.810. The molecular weight excluding hydrogens is 398 g/mol. The monoisotopic (exact) mass is 421 g/mol. The molecule has 1 heterocycles. The van der Waals surface area contributed by atoms with Crippen LogP contribution in [-0.4, -0.2) is 58.7 Å². The molecule has 9 heteroatoms. The van der Waals surface area contributed by atoms with Crippen LogP contribution in [0, 0.1) is 0 Å². The highest BCUT2D eigenvalue weighted by Crippen LogP contribution is 2.36. The molecule has 0 fully saturated rings. The third kappa shape index (κ3) is 4.43. The smallest absolute Gasteiger partial charge is 0.243 e. The summed E-state index contributed by atoms with van der Waals surface area (Å²) in [5.41, 5.74) is 1.45. The van der Waals surface area contributed by atoms with Crippen LogP contribution >= 0.6 is 11.8 Å². The number of methoxy groups -OCH3 is 1. The Kier molecular flexibility index (Phi) is 6.17. The van der Waals surface area contributed by atoms with Gasteiger partial charge in [-0.1, -0.05) is 0 Å². The zero-order valence-electron chi connectivity index (χ0n) is 16.0. The van der Waals surface area contributed by atoms with E-state index in [0.29, 0.717) is 12.2 Å². The number of hydrogen-bond donors (Lipinski definition) is 1. The van der Waals surface area contributed by atoms with Gasteiger partial charge in [0.25, 0.3) is 0 Å². The predicted molar refractivity (Wildman–Crippen MR) is 112 cm³/mol. The van der Waals surface area contributed by atoms with Crippen LogP contribution in [0.15, 0.2) is 52.3 Å². The van der Waals surface area contributed by atoms with Crippen molar-refractivity contribution in [1.82, 2.24) is 4.31 Å². The van der Waals surface area contributed by atoms with Crippen molar-refractivity contribution in [2.45, 2.75) is 9.79 Å². The van der Waals surface area contributed by atoms with Gasteiger partial charge in [0.2, 0.25) is 15.9 Å². The van der Waals surface area contributed by atoms with Gasteiger partial charge >= 0.3 is 0 Å². The first-order chi connectivity index (χ1) is 13.3. The fourth-order valence-electron chi connectivity index (χ4n) is 2.84. The molecule has 2 aromatic carbocycles. The Morgan fingerprint density at radius 2 is 1.93 bits per heavy atom. The quantitative estimate of drug-likeness (QED) is 0.772. The van der Waals surface area contributed by atoms with E-state index in [1.54, 1.807) is 55.3 Å². The fourth-order valence-corrected chi connectivity index (χ4v) is 4.79. The van der Waals surface area contributed by atoms with Crippen molar-refractivity contribution >= 4 is 39.1 Å². The number of carbonyl (C=O) groups is 1. The Hall–Kier alpha value is -2.23. The molecule has 0 aromatic heterocycles. The van der Waals surface area contributed by atoms with Crippen LogP contribution in [0.4, 0.5) is 11.4 Å². The summed E-state index contributed by atoms with van der Waals surface area (Å²) in [4.78, 5) is 15.6. The standard InChI is InChI=1S/C19H23N3O4S2/c1-21(2)28(24,25)16-8-9-18-17(12-16)22(10-11-27-18)13-19(23)20-14-4-6-15(26-3)7-5-14/h4-9,12H,10-11,13H2,1-3H3,(H,20,23). The minimum atomic E-state index is -3.53. The third-order valence-electron chi connectivity index (χ3n) is 4.38. The molecule has 0 atom stereocenters. The number of ether oxygens (including phenoxy) is 1. The molecule has 1 aliphatic heterocycles. The zero-order valence-corrected chi connectivity index (χ0v) is 17.6. The van der Waals surface area contributed by atoms with E-state index in [2.05, 4.69) is 5.32 Å². The molecule has 1 amide bonds. The predicted octanol–water partition coefficient (Wildman–Crippen LogP) is 2.50. The summed E-state index contributed by atoms with van der Waals surface area (Å²) < 4.78 is 31.2. The lowest BCUT2D eigenvalue weighted by atomic mass is 10.2. The van der Waals surface area contributed by atoms with Gasteiger partial charge in [-0.25, -0.2) is 12.7 Å². The van der Waals surface area contributed by atoms with Crippen molar-refractivity contribution in [3.8, 4) is 5.75 Å². The Bertz CT molecular complexity index is 960. The van der Waals surface area contributed by atoms with Crippen LogP contribution in [0.1, 0.15) is 0 Å². The van der Waals surface area contributed by atoms with Gasteiger partial charge in [-0.2, -0.15) is 0 Å². The molecule has 3 rings (SSSR count). The van der Waals surface area contributed by atoms with Crippen LogP contribution in [0.3, 0.4) is 0 Å². The van der Waals surface area contributed by atoms with Crippen LogP contribution in [0.2, 0.25) is 0 Å². The molecule has 0 radical (unpaired) electrons. The van der Waals surface area contributed by atoms with Crippen molar-refractivity contribution in [1.29, 1.82) is 0 Å². The number of hydrogen-bond acceptors (Lipinski definition) is 6. The molecule has 2 aromatic rings. The summed E-state index contributed by atoms with van der Waals surface area (Å²) in [6.07, 6.45) is 0. The van der Waals surface area contributed by atoms with Gasteiger partial charge in [0.05, 0.1) is 24.2 Å². The first kappa shape index (κ1) is 20.5. The van der Waals surface area contributed by atoms with E-state index < -0.39 is 10.0 Å². The number of amides is 1. The minimum Gasteiger partial charge on any atom is -0.497 e. The van der Waals surface area contributed by atoms with Crippen molar-refractivity contribution in [3.63, 3.8) is 0 Å². The Morgan fingerprint density at radius 3 is 2.57 bits per heavy atom. The second-order valence-corrected chi connectivity index (χ2v) is 9.75. The van der Waals surface area contributed by atoms with E-state index in [1.165, 1.54) is 18.4 Å². The zero-order chi connectivity index (χ0) is 20.3. The second-order valence-electron chi connectivity index (χ2n) is 6.46. The maximum absolute atomic E-state index is 12.5. The maximum Gasteiger partial charge on any atom is 0.243 e. The highest BCUT2D eigenvalue weighted by molar-refractivity contribution is 7.99. The van der Waals surface area contributed by atoms with Crippen molar-refractivity contribution < 1.29 is 17.9 Å². The average Bonchev–Trinajstić information content (AvgIpc) is 2.68. The second kappa shape index (κ2) is 8.42. The summed E-state index contributed by atoms with van der Waals surface area (Å²) >= 11 is 1.66. The van der Waals surface area contributed by atoms with Gasteiger partial charge in [-0.05, 0) is 42.5 Å². The van der Waals surface area contributed by atoms with Gasteiger partial charge in [0.15, 0.2) is 0 Å². The molecule has 0 saturated carbocycles. The van der Waals surface area contributed by atoms with E-state index >= 15 is 0 Å². The number of anilines is 2. The molecule has 28 heavy (non-hydrogen) atoms. The molecule has 7 nitrogen and oxygen atoms in total. The van der Waals surface area contributed by atoms with Crippen LogP contribution in [-0.2, 0) is 14.8 Å². The van der Waals surface area contributed by atoms with E-state index in [1.807, 2.05) is 11.0 Å². The number of rotatable bonds is 6. The molecule has 0 saturated heterocycles. The third-order valence-corrected chi connectivity index (χ3v) is 7.23. The number of thioether (sulfide) groups is 1. The largest absolute Gasteiger partial charge is 0.497 e. The normalized spacial score (nSPS) is 13.9. The van der Waals surface area contributed by atoms with Crippen molar-refractivity contribution in [2.75, 3.05) is 50.3 Å². The Labute approximate surface area is 169 Å². The van der Waals surface area contributed by atoms with Gasteiger partial charge in [0.1, 0.15) is 5.75 Å². The van der Waals surface area contributed by atoms with Crippen LogP contribution in [0.25, 0.3) is 0 Å². The summed E-state index contributed by atoms with van der Waals surface area (Å²) in [5, 5.41) is 2.86. The topological polar surface area (TPSA) is 79.0 Å². The van der Waals surface area contributed by atoms with Crippen molar-refractivity contribution in [3.05, 3.63) is 42.5 Å². The number of sulfonamides is 1. The van der Waals surface area contributed by atoms with Crippen molar-refractivity contribution in [2.24, 2.45) is 0 Å². The SMILES string of the molecule is COc1ccc(NC(=O)CN2CCSc3ccc(S(=O)(=O)N(C)C)cc32)cc1. The molecule has 1 N–H and O–H groups in total. The fraction of sp³-hybridized carbons (Fsp3) is 0.316. The first-order valence-electron chi connectivity index (χ1n) is 8.69. The molecule has 0 bridgehead atoms. The summed E-state index contributed by atoms with van der Waals surface area (Å²) in [5.74, 6) is 1.39. The maximum atomic E-state index is 12.5. The number of nitrogens with one attached hydrogen (secondary N) is 1. The molecule has 1 aliphatic rings. The Balaban J connectivity index is 1.78. The average molecular weight is 422 g/mol. The summed E-state index contributed by atoms with van der Waals surface area (Å²) in [6, 6.07) is 12.2. The lowest BCUT2D eigenvalue weighted by Gasteiger charge is -2.30. The van der Waals surface area contributed by atoms with Crippen LogP contribution < -0.4 is 15.0 Å². The lowest BCUT2D eigenvalue weighted by Crippen LogP contribution is -2.37. The molecule has 0 aliphatic carbocycles. The molecular formula is C19H23N3O4S2. The lowest BCUT2D eigenvalue weighted by molar-refractivity contribution is -0.115. The highest BCUT2D eigenvalue weighted by Gasteiger charge is 2.24. The number of nitrogens with zero attached hydrogens (tertiary/aromatic N) is 2. The first-order valence-corrected chi connectivity index (χ1v) is 11.1. The van der Waals surface area contributed by atoms with Crippen LogP contribution in [0.5, 0.6) is 5.75 Å². The van der Waals surface area contributed by atoms with E-state index in [0.717, 1.165) is 22.1 Å².